The van der Waals surface area contributed by atoms with E-state index in [0.717, 1.165) is 16.0 Å². The zero-order valence-corrected chi connectivity index (χ0v) is 12.8. The molecule has 21 heavy (non-hydrogen) atoms. The van der Waals surface area contributed by atoms with Crippen molar-refractivity contribution in [1.29, 1.82) is 0 Å². The van der Waals surface area contributed by atoms with Crippen LogP contribution in [0.4, 0.5) is 0 Å². The Labute approximate surface area is 127 Å². The molecule has 0 aliphatic carbocycles. The van der Waals surface area contributed by atoms with E-state index in [1.807, 2.05) is 38.1 Å². The molecule has 2 rings (SSSR count). The summed E-state index contributed by atoms with van der Waals surface area (Å²) in [6.45, 7) is 5.51. The minimum atomic E-state index is -0.343. The topological polar surface area (TPSA) is 72.3 Å². The summed E-state index contributed by atoms with van der Waals surface area (Å²) in [4.78, 5) is 11.9. The number of hydrogen-bond donors (Lipinski definition) is 1. The minimum Gasteiger partial charge on any atom is -0.491 e. The van der Waals surface area contributed by atoms with Crippen LogP contribution in [-0.4, -0.2) is 27.2 Å². The third-order valence-corrected chi connectivity index (χ3v) is 2.83. The molecule has 0 amide bonds. The summed E-state index contributed by atoms with van der Waals surface area (Å²) < 4.78 is 6.86. The van der Waals surface area contributed by atoms with Gasteiger partial charge in [0.2, 0.25) is 4.77 Å². The van der Waals surface area contributed by atoms with Gasteiger partial charge in [-0.25, -0.2) is 0 Å². The van der Waals surface area contributed by atoms with Crippen molar-refractivity contribution in [1.82, 2.24) is 14.9 Å². The van der Waals surface area contributed by atoms with Crippen LogP contribution in [0.25, 0.3) is 0 Å². The number of benzene rings is 1. The van der Waals surface area contributed by atoms with Crippen LogP contribution in [-0.2, 0) is 0 Å². The largest absolute Gasteiger partial charge is 0.491 e. The lowest BCUT2D eigenvalue weighted by Gasteiger charge is -2.09. The van der Waals surface area contributed by atoms with Gasteiger partial charge in [0.05, 0.1) is 12.3 Å². The summed E-state index contributed by atoms with van der Waals surface area (Å²) in [6.07, 6.45) is 1.65. The highest BCUT2D eigenvalue weighted by Gasteiger charge is 2.01. The SMILES string of the molecule is Cc1n[nH]c(=S)n(/N=C\c2cccc(OC(C)C)c2)c1=O. The predicted octanol–water partition coefficient (Wildman–Crippen LogP) is 2.28. The van der Waals surface area contributed by atoms with Crippen molar-refractivity contribution in [3.8, 4) is 5.75 Å². The van der Waals surface area contributed by atoms with Gasteiger partial charge in [0.25, 0.3) is 5.56 Å². The van der Waals surface area contributed by atoms with Crippen molar-refractivity contribution in [3.63, 3.8) is 0 Å². The van der Waals surface area contributed by atoms with Crippen LogP contribution >= 0.6 is 12.2 Å². The quantitative estimate of drug-likeness (QED) is 0.695. The molecule has 1 aromatic carbocycles. The Balaban J connectivity index is 2.32. The maximum Gasteiger partial charge on any atom is 0.296 e. The highest BCUT2D eigenvalue weighted by molar-refractivity contribution is 7.71. The first kappa shape index (κ1) is 15.1. The fourth-order valence-corrected chi connectivity index (χ4v) is 1.82. The van der Waals surface area contributed by atoms with Gasteiger partial charge >= 0.3 is 0 Å². The second-order valence-electron chi connectivity index (χ2n) is 4.71. The second kappa shape index (κ2) is 6.45. The highest BCUT2D eigenvalue weighted by Crippen LogP contribution is 2.13. The van der Waals surface area contributed by atoms with Gasteiger partial charge in [-0.1, -0.05) is 12.1 Å². The van der Waals surface area contributed by atoms with Crippen LogP contribution in [0.1, 0.15) is 25.1 Å². The molecule has 0 radical (unpaired) electrons. The van der Waals surface area contributed by atoms with Crippen molar-refractivity contribution in [3.05, 3.63) is 50.6 Å². The summed E-state index contributed by atoms with van der Waals surface area (Å²) in [6, 6.07) is 7.44. The highest BCUT2D eigenvalue weighted by atomic mass is 32.1. The summed E-state index contributed by atoms with van der Waals surface area (Å²) >= 11 is 5.00. The van der Waals surface area contributed by atoms with Crippen LogP contribution in [0, 0.1) is 11.7 Å². The van der Waals surface area contributed by atoms with Crippen molar-refractivity contribution in [2.24, 2.45) is 5.10 Å². The Bertz CT molecular complexity index is 777. The lowest BCUT2D eigenvalue weighted by molar-refractivity contribution is 0.242. The van der Waals surface area contributed by atoms with E-state index in [0.29, 0.717) is 5.69 Å². The van der Waals surface area contributed by atoms with Gasteiger partial charge in [-0.3, -0.25) is 9.89 Å². The molecular formula is C14H16N4O2S. The maximum absolute atomic E-state index is 11.9. The van der Waals surface area contributed by atoms with Gasteiger partial charge in [0.15, 0.2) is 0 Å². The average molecular weight is 304 g/mol. The molecule has 0 unspecified atom stereocenters. The minimum absolute atomic E-state index is 0.0940. The van der Waals surface area contributed by atoms with E-state index in [4.69, 9.17) is 17.0 Å². The number of nitrogens with zero attached hydrogens (tertiary/aromatic N) is 3. The number of aryl methyl sites for hydroxylation is 1. The van der Waals surface area contributed by atoms with Gasteiger partial charge in [-0.15, -0.1) is 0 Å². The predicted molar refractivity (Wildman–Crippen MR) is 83.6 cm³/mol. The van der Waals surface area contributed by atoms with E-state index < -0.39 is 0 Å². The third kappa shape index (κ3) is 3.85. The first-order valence-electron chi connectivity index (χ1n) is 6.47. The molecule has 6 nitrogen and oxygen atoms in total. The fourth-order valence-electron chi connectivity index (χ4n) is 1.64. The molecule has 1 heterocycles. The number of aromatic nitrogens is 3. The molecule has 0 bridgehead atoms. The van der Waals surface area contributed by atoms with Crippen molar-refractivity contribution in [2.75, 3.05) is 0 Å². The first-order valence-corrected chi connectivity index (χ1v) is 6.87. The van der Waals surface area contributed by atoms with E-state index >= 15 is 0 Å². The van der Waals surface area contributed by atoms with Crippen molar-refractivity contribution < 1.29 is 4.74 Å². The lowest BCUT2D eigenvalue weighted by atomic mass is 10.2. The molecule has 0 aliphatic heterocycles. The smallest absolute Gasteiger partial charge is 0.296 e. The molecule has 7 heteroatoms. The molecule has 2 aromatic rings. The second-order valence-corrected chi connectivity index (χ2v) is 5.10. The summed E-state index contributed by atoms with van der Waals surface area (Å²) in [5, 5.41) is 10.5. The monoisotopic (exact) mass is 304 g/mol. The van der Waals surface area contributed by atoms with Crippen LogP contribution in [0.5, 0.6) is 5.75 Å². The normalized spacial score (nSPS) is 11.2. The van der Waals surface area contributed by atoms with Crippen molar-refractivity contribution >= 4 is 18.4 Å². The molecule has 110 valence electrons. The van der Waals surface area contributed by atoms with Gasteiger partial charge < -0.3 is 4.74 Å². The maximum atomic E-state index is 11.9. The van der Waals surface area contributed by atoms with Gasteiger partial charge in [-0.05, 0) is 50.7 Å². The Hall–Kier alpha value is -2.28. The third-order valence-electron chi connectivity index (χ3n) is 2.57. The number of hydrogen-bond acceptors (Lipinski definition) is 5. The molecule has 1 N–H and O–H groups in total. The first-order chi connectivity index (χ1) is 9.97. The van der Waals surface area contributed by atoms with E-state index in [9.17, 15) is 4.79 Å². The number of aromatic amines is 1. The summed E-state index contributed by atoms with van der Waals surface area (Å²) in [5.74, 6) is 0.748. The number of rotatable bonds is 4. The molecule has 0 aliphatic rings. The van der Waals surface area contributed by atoms with Gasteiger partial charge in [-0.2, -0.15) is 14.9 Å². The average Bonchev–Trinajstić information content (AvgIpc) is 2.43. The van der Waals surface area contributed by atoms with Crippen molar-refractivity contribution in [2.45, 2.75) is 26.9 Å². The van der Waals surface area contributed by atoms with E-state index in [-0.39, 0.29) is 16.4 Å². The number of H-pyrrole nitrogens is 1. The van der Waals surface area contributed by atoms with Crippen LogP contribution in [0.15, 0.2) is 34.2 Å². The zero-order chi connectivity index (χ0) is 15.4. The summed E-state index contributed by atoms with van der Waals surface area (Å²) in [7, 11) is 0. The number of nitrogens with one attached hydrogen (secondary N) is 1. The molecular weight excluding hydrogens is 288 g/mol. The van der Waals surface area contributed by atoms with Crippen LogP contribution < -0.4 is 10.3 Å². The molecule has 0 saturated carbocycles. The van der Waals surface area contributed by atoms with Crippen LogP contribution in [0.3, 0.4) is 0 Å². The molecule has 0 spiro atoms. The van der Waals surface area contributed by atoms with E-state index in [1.165, 1.54) is 0 Å². The van der Waals surface area contributed by atoms with Gasteiger partial charge in [0, 0.05) is 0 Å². The van der Waals surface area contributed by atoms with E-state index in [1.54, 1.807) is 13.1 Å². The Morgan fingerprint density at radius 3 is 2.95 bits per heavy atom. The van der Waals surface area contributed by atoms with E-state index in [2.05, 4.69) is 15.3 Å². The molecule has 0 atom stereocenters. The Morgan fingerprint density at radius 2 is 2.24 bits per heavy atom. The standard InChI is InChI=1S/C14H16N4O2S/c1-9(2)20-12-6-4-5-11(7-12)8-15-18-13(19)10(3)16-17-14(18)21/h4-9H,1-3H3,(H,17,21)/b15-8-. The molecule has 1 aromatic heterocycles. The number of ether oxygens (including phenoxy) is 1. The molecule has 0 fully saturated rings. The van der Waals surface area contributed by atoms with Crippen LogP contribution in [0.2, 0.25) is 0 Å². The van der Waals surface area contributed by atoms with Gasteiger partial charge in [0.1, 0.15) is 11.4 Å². The fraction of sp³-hybridized carbons (Fsp3) is 0.286. The summed E-state index contributed by atoms with van der Waals surface area (Å²) in [5.41, 5.74) is 0.770. The Morgan fingerprint density at radius 1 is 1.48 bits per heavy atom. The lowest BCUT2D eigenvalue weighted by Crippen LogP contribution is -2.22. The Kier molecular flexibility index (Phi) is 4.64. The molecule has 0 saturated heterocycles. The zero-order valence-electron chi connectivity index (χ0n) is 12.0.